The maximum atomic E-state index is 6.05. The van der Waals surface area contributed by atoms with E-state index in [0.717, 1.165) is 32.0 Å². The molecule has 2 aromatic heterocycles. The third kappa shape index (κ3) is 2.04. The van der Waals surface area contributed by atoms with Gasteiger partial charge in [-0.3, -0.25) is 0 Å². The van der Waals surface area contributed by atoms with Crippen molar-refractivity contribution in [3.05, 3.63) is 57.8 Å². The molecule has 3 aromatic rings. The zero-order valence-corrected chi connectivity index (χ0v) is 12.0. The van der Waals surface area contributed by atoms with Crippen LogP contribution >= 0.6 is 27.5 Å². The minimum Gasteiger partial charge on any atom is -0.305 e. The standard InChI is InChI=1S/C14H10BrClN2/c1-9-5-12(16)7-18-8-13(17-14(9)18)10-3-2-4-11(15)6-10/h2-8H,1H3. The third-order valence-electron chi connectivity index (χ3n) is 2.82. The van der Waals surface area contributed by atoms with Gasteiger partial charge >= 0.3 is 0 Å². The predicted molar refractivity (Wildman–Crippen MR) is 78.1 cm³/mol. The first kappa shape index (κ1) is 11.8. The van der Waals surface area contributed by atoms with Gasteiger partial charge in [-0.1, -0.05) is 39.7 Å². The Bertz CT molecular complexity index is 734. The number of nitrogens with zero attached hydrogens (tertiary/aromatic N) is 2. The molecule has 0 atom stereocenters. The lowest BCUT2D eigenvalue weighted by Crippen LogP contribution is -1.85. The van der Waals surface area contributed by atoms with Crippen molar-refractivity contribution in [2.75, 3.05) is 0 Å². The van der Waals surface area contributed by atoms with Gasteiger partial charge in [0.2, 0.25) is 0 Å². The molecule has 90 valence electrons. The highest BCUT2D eigenvalue weighted by Crippen LogP contribution is 2.24. The molecule has 0 amide bonds. The first-order valence-electron chi connectivity index (χ1n) is 5.54. The summed E-state index contributed by atoms with van der Waals surface area (Å²) < 4.78 is 3.01. The Morgan fingerprint density at radius 3 is 2.83 bits per heavy atom. The van der Waals surface area contributed by atoms with Gasteiger partial charge in [0, 0.05) is 22.4 Å². The summed E-state index contributed by atoms with van der Waals surface area (Å²) in [4.78, 5) is 4.65. The number of hydrogen-bond donors (Lipinski definition) is 0. The molecule has 0 aliphatic carbocycles. The van der Waals surface area contributed by atoms with Crippen LogP contribution in [-0.4, -0.2) is 9.38 Å². The highest BCUT2D eigenvalue weighted by atomic mass is 79.9. The summed E-state index contributed by atoms with van der Waals surface area (Å²) in [5.74, 6) is 0. The topological polar surface area (TPSA) is 17.3 Å². The number of rotatable bonds is 1. The van der Waals surface area contributed by atoms with Crippen LogP contribution in [-0.2, 0) is 0 Å². The quantitative estimate of drug-likeness (QED) is 0.633. The largest absolute Gasteiger partial charge is 0.305 e. The molecule has 1 aromatic carbocycles. The monoisotopic (exact) mass is 320 g/mol. The Labute approximate surface area is 118 Å². The number of fused-ring (bicyclic) bond motifs is 1. The van der Waals surface area contributed by atoms with Crippen LogP contribution in [0.4, 0.5) is 0 Å². The fourth-order valence-corrected chi connectivity index (χ4v) is 2.68. The van der Waals surface area contributed by atoms with Crippen molar-refractivity contribution < 1.29 is 0 Å². The van der Waals surface area contributed by atoms with E-state index in [1.165, 1.54) is 0 Å². The third-order valence-corrected chi connectivity index (χ3v) is 3.52. The van der Waals surface area contributed by atoms with E-state index < -0.39 is 0 Å². The lowest BCUT2D eigenvalue weighted by molar-refractivity contribution is 1.16. The van der Waals surface area contributed by atoms with Gasteiger partial charge in [0.15, 0.2) is 0 Å². The zero-order valence-electron chi connectivity index (χ0n) is 9.69. The minimum atomic E-state index is 0.721. The predicted octanol–water partition coefficient (Wildman–Crippen LogP) is 4.73. The summed E-state index contributed by atoms with van der Waals surface area (Å²) in [7, 11) is 0. The average Bonchev–Trinajstić information content (AvgIpc) is 2.73. The van der Waals surface area contributed by atoms with Crippen molar-refractivity contribution in [2.24, 2.45) is 0 Å². The molecule has 0 aliphatic heterocycles. The molecule has 18 heavy (non-hydrogen) atoms. The van der Waals surface area contributed by atoms with Crippen LogP contribution in [0.25, 0.3) is 16.9 Å². The highest BCUT2D eigenvalue weighted by molar-refractivity contribution is 9.10. The fraction of sp³-hybridized carbons (Fsp3) is 0.0714. The van der Waals surface area contributed by atoms with Gasteiger partial charge in [0.1, 0.15) is 5.65 Å². The number of benzene rings is 1. The number of halogens is 2. The average molecular weight is 322 g/mol. The number of aryl methyl sites for hydroxylation is 1. The van der Waals surface area contributed by atoms with E-state index in [-0.39, 0.29) is 0 Å². The fourth-order valence-electron chi connectivity index (χ4n) is 2.01. The molecule has 2 nitrogen and oxygen atoms in total. The molecular weight excluding hydrogens is 312 g/mol. The van der Waals surface area contributed by atoms with E-state index in [2.05, 4.69) is 27.0 Å². The molecule has 0 fully saturated rings. The van der Waals surface area contributed by atoms with Crippen molar-refractivity contribution >= 4 is 33.2 Å². The molecule has 0 N–H and O–H groups in total. The lowest BCUT2D eigenvalue weighted by Gasteiger charge is -1.97. The van der Waals surface area contributed by atoms with Gasteiger partial charge < -0.3 is 4.40 Å². The molecule has 0 spiro atoms. The highest BCUT2D eigenvalue weighted by Gasteiger charge is 2.07. The molecule has 0 radical (unpaired) electrons. The molecule has 0 unspecified atom stereocenters. The van der Waals surface area contributed by atoms with E-state index >= 15 is 0 Å². The molecule has 0 saturated heterocycles. The molecular formula is C14H10BrClN2. The molecule has 3 rings (SSSR count). The van der Waals surface area contributed by atoms with Crippen molar-refractivity contribution in [1.82, 2.24) is 9.38 Å². The van der Waals surface area contributed by atoms with Crippen molar-refractivity contribution in [3.63, 3.8) is 0 Å². The second kappa shape index (κ2) is 4.41. The van der Waals surface area contributed by atoms with E-state index in [9.17, 15) is 0 Å². The van der Waals surface area contributed by atoms with Crippen LogP contribution < -0.4 is 0 Å². The van der Waals surface area contributed by atoms with Crippen molar-refractivity contribution in [3.8, 4) is 11.3 Å². The van der Waals surface area contributed by atoms with E-state index in [1.807, 2.05) is 48.0 Å². The molecule has 2 heterocycles. The molecule has 4 heteroatoms. The summed E-state index contributed by atoms with van der Waals surface area (Å²) in [5.41, 5.74) is 4.04. The van der Waals surface area contributed by atoms with Crippen LogP contribution in [0.2, 0.25) is 5.02 Å². The van der Waals surface area contributed by atoms with E-state index in [0.29, 0.717) is 0 Å². The Hall–Kier alpha value is -1.32. The Balaban J connectivity index is 2.22. The number of hydrogen-bond acceptors (Lipinski definition) is 1. The van der Waals surface area contributed by atoms with Crippen LogP contribution in [0, 0.1) is 6.92 Å². The van der Waals surface area contributed by atoms with Crippen LogP contribution in [0.3, 0.4) is 0 Å². The van der Waals surface area contributed by atoms with Gasteiger partial charge in [0.05, 0.1) is 10.7 Å². The zero-order chi connectivity index (χ0) is 12.7. The van der Waals surface area contributed by atoms with Gasteiger partial charge in [-0.05, 0) is 30.7 Å². The number of imidazole rings is 1. The van der Waals surface area contributed by atoms with Crippen LogP contribution in [0.15, 0.2) is 47.2 Å². The summed E-state index contributed by atoms with van der Waals surface area (Å²) >= 11 is 9.52. The minimum absolute atomic E-state index is 0.721. The summed E-state index contributed by atoms with van der Waals surface area (Å²) in [6, 6.07) is 10.0. The lowest BCUT2D eigenvalue weighted by atomic mass is 10.2. The van der Waals surface area contributed by atoms with E-state index in [4.69, 9.17) is 11.6 Å². The number of pyridine rings is 1. The molecule has 0 aliphatic rings. The smallest absolute Gasteiger partial charge is 0.140 e. The van der Waals surface area contributed by atoms with E-state index in [1.54, 1.807) is 0 Å². The molecule has 0 saturated carbocycles. The van der Waals surface area contributed by atoms with Crippen molar-refractivity contribution in [2.45, 2.75) is 6.92 Å². The Morgan fingerprint density at radius 1 is 1.22 bits per heavy atom. The Morgan fingerprint density at radius 2 is 2.06 bits per heavy atom. The van der Waals surface area contributed by atoms with Gasteiger partial charge in [0.25, 0.3) is 0 Å². The normalized spacial score (nSPS) is 11.1. The second-order valence-corrected chi connectivity index (χ2v) is 5.56. The first-order chi connectivity index (χ1) is 8.63. The number of aromatic nitrogens is 2. The maximum Gasteiger partial charge on any atom is 0.140 e. The second-order valence-electron chi connectivity index (χ2n) is 4.21. The molecule has 0 bridgehead atoms. The van der Waals surface area contributed by atoms with Crippen LogP contribution in [0.1, 0.15) is 5.56 Å². The maximum absolute atomic E-state index is 6.05. The summed E-state index contributed by atoms with van der Waals surface area (Å²) in [5, 5.41) is 0.721. The van der Waals surface area contributed by atoms with Gasteiger partial charge in [-0.2, -0.15) is 0 Å². The van der Waals surface area contributed by atoms with Gasteiger partial charge in [-0.25, -0.2) is 4.98 Å². The summed E-state index contributed by atoms with van der Waals surface area (Å²) in [6.45, 7) is 2.01. The first-order valence-corrected chi connectivity index (χ1v) is 6.71. The van der Waals surface area contributed by atoms with Crippen LogP contribution in [0.5, 0.6) is 0 Å². The summed E-state index contributed by atoms with van der Waals surface area (Å²) in [6.07, 6.45) is 3.87. The Kier molecular flexibility index (Phi) is 2.88. The van der Waals surface area contributed by atoms with Gasteiger partial charge in [-0.15, -0.1) is 0 Å². The SMILES string of the molecule is Cc1cc(Cl)cn2cc(-c3cccc(Br)c3)nc12. The van der Waals surface area contributed by atoms with Crippen molar-refractivity contribution in [1.29, 1.82) is 0 Å².